The van der Waals surface area contributed by atoms with E-state index in [0.717, 1.165) is 25.0 Å². The third kappa shape index (κ3) is 2.71. The summed E-state index contributed by atoms with van der Waals surface area (Å²) in [6, 6.07) is 4.93. The van der Waals surface area contributed by atoms with Gasteiger partial charge in [0.05, 0.1) is 4.90 Å². The summed E-state index contributed by atoms with van der Waals surface area (Å²) in [5, 5.41) is 0. The molecule has 1 aromatic rings. The molecule has 0 amide bonds. The predicted molar refractivity (Wildman–Crippen MR) is 66.9 cm³/mol. The van der Waals surface area contributed by atoms with E-state index < -0.39 is 15.8 Å². The fraction of sp³-hybridized carbons (Fsp3) is 0.500. The smallest absolute Gasteiger partial charge is 0.243 e. The van der Waals surface area contributed by atoms with Gasteiger partial charge in [0.15, 0.2) is 0 Å². The van der Waals surface area contributed by atoms with Crippen molar-refractivity contribution >= 4 is 10.0 Å². The molecule has 4 nitrogen and oxygen atoms in total. The summed E-state index contributed by atoms with van der Waals surface area (Å²) in [7, 11) is -3.51. The molecule has 100 valence electrons. The molecular weight excluding hydrogens is 255 g/mol. The standard InChI is InChI=1S/C12H17FN2O2S/c13-11-3-5-12(6-4-11)18(16,17)15-7-1-2-10(8-14)9-15/h3-6,10H,1-2,7-9,14H2/t10-/m0/s1. The van der Waals surface area contributed by atoms with Crippen molar-refractivity contribution < 1.29 is 12.8 Å². The molecular formula is C12H17FN2O2S. The molecule has 18 heavy (non-hydrogen) atoms. The molecule has 1 saturated heterocycles. The first-order valence-electron chi connectivity index (χ1n) is 6.00. The molecule has 0 aromatic heterocycles. The Morgan fingerprint density at radius 3 is 2.61 bits per heavy atom. The molecule has 6 heteroatoms. The molecule has 1 aromatic carbocycles. The van der Waals surface area contributed by atoms with E-state index in [9.17, 15) is 12.8 Å². The van der Waals surface area contributed by atoms with Crippen LogP contribution in [0, 0.1) is 11.7 Å². The van der Waals surface area contributed by atoms with Gasteiger partial charge in [-0.25, -0.2) is 12.8 Å². The first kappa shape index (κ1) is 13.5. The average Bonchev–Trinajstić information content (AvgIpc) is 2.39. The highest BCUT2D eigenvalue weighted by molar-refractivity contribution is 7.89. The molecule has 0 saturated carbocycles. The Morgan fingerprint density at radius 1 is 1.33 bits per heavy atom. The van der Waals surface area contributed by atoms with Gasteiger partial charge in [-0.2, -0.15) is 4.31 Å². The number of nitrogens with zero attached hydrogens (tertiary/aromatic N) is 1. The van der Waals surface area contributed by atoms with E-state index in [1.54, 1.807) is 0 Å². The molecule has 1 atom stereocenters. The maximum absolute atomic E-state index is 12.8. The maximum Gasteiger partial charge on any atom is 0.243 e. The monoisotopic (exact) mass is 272 g/mol. The summed E-state index contributed by atoms with van der Waals surface area (Å²) in [6.07, 6.45) is 1.79. The molecule has 1 aliphatic heterocycles. The van der Waals surface area contributed by atoms with Crippen molar-refractivity contribution in [2.75, 3.05) is 19.6 Å². The molecule has 2 N–H and O–H groups in total. The van der Waals surface area contributed by atoms with Crippen LogP contribution < -0.4 is 5.73 Å². The van der Waals surface area contributed by atoms with Gasteiger partial charge in [0.1, 0.15) is 5.82 Å². The van der Waals surface area contributed by atoms with Gasteiger partial charge in [-0.1, -0.05) is 0 Å². The number of sulfonamides is 1. The Kier molecular flexibility index (Phi) is 3.99. The quantitative estimate of drug-likeness (QED) is 0.899. The summed E-state index contributed by atoms with van der Waals surface area (Å²) < 4.78 is 38.9. The normalized spacial score (nSPS) is 22.0. The number of halogens is 1. The van der Waals surface area contributed by atoms with Crippen molar-refractivity contribution in [2.24, 2.45) is 11.7 Å². The highest BCUT2D eigenvalue weighted by atomic mass is 32.2. The van der Waals surface area contributed by atoms with Crippen LogP contribution in [0.5, 0.6) is 0 Å². The Hall–Kier alpha value is -0.980. The van der Waals surface area contributed by atoms with Gasteiger partial charge < -0.3 is 5.73 Å². The Bertz CT molecular complexity index is 501. The highest BCUT2D eigenvalue weighted by Gasteiger charge is 2.29. The van der Waals surface area contributed by atoms with Crippen molar-refractivity contribution in [3.8, 4) is 0 Å². The van der Waals surface area contributed by atoms with Crippen molar-refractivity contribution in [2.45, 2.75) is 17.7 Å². The number of nitrogens with two attached hydrogens (primary N) is 1. The first-order chi connectivity index (χ1) is 8.54. The van der Waals surface area contributed by atoms with Crippen molar-refractivity contribution in [1.29, 1.82) is 0 Å². The third-order valence-electron chi connectivity index (χ3n) is 3.27. The molecule has 0 bridgehead atoms. The van der Waals surface area contributed by atoms with Crippen LogP contribution in [0.1, 0.15) is 12.8 Å². The van der Waals surface area contributed by atoms with E-state index >= 15 is 0 Å². The minimum absolute atomic E-state index is 0.140. The molecule has 2 rings (SSSR count). The van der Waals surface area contributed by atoms with Crippen LogP contribution >= 0.6 is 0 Å². The zero-order valence-corrected chi connectivity index (χ0v) is 10.9. The Labute approximate surface area is 107 Å². The van der Waals surface area contributed by atoms with Crippen LogP contribution in [-0.2, 0) is 10.0 Å². The van der Waals surface area contributed by atoms with E-state index in [1.807, 2.05) is 0 Å². The van der Waals surface area contributed by atoms with Gasteiger partial charge in [-0.3, -0.25) is 0 Å². The third-order valence-corrected chi connectivity index (χ3v) is 5.15. The minimum atomic E-state index is -3.51. The minimum Gasteiger partial charge on any atom is -0.330 e. The SMILES string of the molecule is NC[C@@H]1CCCN(S(=O)(=O)c2ccc(F)cc2)C1. The van der Waals surface area contributed by atoms with Gasteiger partial charge in [0, 0.05) is 13.1 Å². The summed E-state index contributed by atoms with van der Waals surface area (Å²) in [6.45, 7) is 1.46. The zero-order chi connectivity index (χ0) is 13.2. The average molecular weight is 272 g/mol. The summed E-state index contributed by atoms with van der Waals surface area (Å²) >= 11 is 0. The van der Waals surface area contributed by atoms with Gasteiger partial charge in [0.25, 0.3) is 0 Å². The number of benzene rings is 1. The number of piperidine rings is 1. The molecule has 0 radical (unpaired) electrons. The fourth-order valence-corrected chi connectivity index (χ4v) is 3.75. The molecule has 0 aliphatic carbocycles. The number of rotatable bonds is 3. The molecule has 1 aliphatic rings. The molecule has 1 heterocycles. The lowest BCUT2D eigenvalue weighted by molar-refractivity contribution is 0.271. The molecule has 0 spiro atoms. The summed E-state index contributed by atoms with van der Waals surface area (Å²) in [4.78, 5) is 0.140. The van der Waals surface area contributed by atoms with E-state index in [0.29, 0.717) is 19.6 Å². The maximum atomic E-state index is 12.8. The van der Waals surface area contributed by atoms with E-state index in [2.05, 4.69) is 0 Å². The second kappa shape index (κ2) is 5.34. The van der Waals surface area contributed by atoms with E-state index in [-0.39, 0.29) is 10.8 Å². The predicted octanol–water partition coefficient (Wildman–Crippen LogP) is 1.19. The van der Waals surface area contributed by atoms with Gasteiger partial charge in [-0.05, 0) is 49.6 Å². The van der Waals surface area contributed by atoms with Crippen molar-refractivity contribution in [3.63, 3.8) is 0 Å². The zero-order valence-electron chi connectivity index (χ0n) is 10.0. The van der Waals surface area contributed by atoms with Gasteiger partial charge >= 0.3 is 0 Å². The lowest BCUT2D eigenvalue weighted by atomic mass is 10.0. The molecule has 0 unspecified atom stereocenters. The van der Waals surface area contributed by atoms with Crippen LogP contribution in [0.2, 0.25) is 0 Å². The summed E-state index contributed by atoms with van der Waals surface area (Å²) in [5.74, 6) is -0.221. The van der Waals surface area contributed by atoms with Crippen molar-refractivity contribution in [1.82, 2.24) is 4.31 Å². The summed E-state index contributed by atoms with van der Waals surface area (Å²) in [5.41, 5.74) is 5.60. The Morgan fingerprint density at radius 2 is 2.00 bits per heavy atom. The lowest BCUT2D eigenvalue weighted by Gasteiger charge is -2.31. The van der Waals surface area contributed by atoms with Gasteiger partial charge in [0.2, 0.25) is 10.0 Å². The van der Waals surface area contributed by atoms with Crippen LogP contribution in [0.25, 0.3) is 0 Å². The van der Waals surface area contributed by atoms with Gasteiger partial charge in [-0.15, -0.1) is 0 Å². The molecule has 1 fully saturated rings. The van der Waals surface area contributed by atoms with Crippen LogP contribution in [-0.4, -0.2) is 32.4 Å². The van der Waals surface area contributed by atoms with Crippen LogP contribution in [0.3, 0.4) is 0 Å². The number of hydrogen-bond acceptors (Lipinski definition) is 3. The van der Waals surface area contributed by atoms with Crippen LogP contribution in [0.15, 0.2) is 29.2 Å². The second-order valence-corrected chi connectivity index (χ2v) is 6.50. The second-order valence-electron chi connectivity index (χ2n) is 4.56. The Balaban J connectivity index is 2.22. The first-order valence-corrected chi connectivity index (χ1v) is 7.44. The van der Waals surface area contributed by atoms with E-state index in [1.165, 1.54) is 16.4 Å². The number of hydrogen-bond donors (Lipinski definition) is 1. The topological polar surface area (TPSA) is 63.4 Å². The van der Waals surface area contributed by atoms with Crippen LogP contribution in [0.4, 0.5) is 4.39 Å². The highest BCUT2D eigenvalue weighted by Crippen LogP contribution is 2.23. The van der Waals surface area contributed by atoms with E-state index in [4.69, 9.17) is 5.73 Å². The largest absolute Gasteiger partial charge is 0.330 e. The fourth-order valence-electron chi connectivity index (χ4n) is 2.19. The lowest BCUT2D eigenvalue weighted by Crippen LogP contribution is -2.41. The van der Waals surface area contributed by atoms with Crippen molar-refractivity contribution in [3.05, 3.63) is 30.1 Å².